The zero-order chi connectivity index (χ0) is 17.9. The molecule has 0 aliphatic carbocycles. The number of hydrogen-bond donors (Lipinski definition) is 2. The predicted molar refractivity (Wildman–Crippen MR) is 93.0 cm³/mol. The van der Waals surface area contributed by atoms with Crippen molar-refractivity contribution >= 4 is 23.4 Å². The van der Waals surface area contributed by atoms with Crippen LogP contribution in [0.15, 0.2) is 36.5 Å². The van der Waals surface area contributed by atoms with E-state index in [1.54, 1.807) is 23.2 Å². The van der Waals surface area contributed by atoms with Gasteiger partial charge < -0.3 is 10.4 Å². The van der Waals surface area contributed by atoms with Gasteiger partial charge in [0.1, 0.15) is 11.2 Å². The molecule has 0 radical (unpaired) electrons. The molecule has 0 saturated carbocycles. The van der Waals surface area contributed by atoms with Gasteiger partial charge in [-0.2, -0.15) is 10.2 Å². The molecule has 1 aliphatic heterocycles. The Hall–Kier alpha value is -2.98. The summed E-state index contributed by atoms with van der Waals surface area (Å²) in [4.78, 5) is 22.8. The van der Waals surface area contributed by atoms with Crippen LogP contribution in [0.4, 0.5) is 17.5 Å². The monoisotopic (exact) mass is 337 g/mol. The van der Waals surface area contributed by atoms with E-state index >= 15 is 0 Å². The molecule has 0 bridgehead atoms. The van der Waals surface area contributed by atoms with Gasteiger partial charge in [-0.25, -0.2) is 4.98 Å². The summed E-state index contributed by atoms with van der Waals surface area (Å²) in [6.45, 7) is 2.27. The summed E-state index contributed by atoms with van der Waals surface area (Å²) in [6, 6.07) is 11.1. The number of carbonyl (C=O) groups is 1. The fraction of sp³-hybridized carbons (Fsp3) is 0.333. The van der Waals surface area contributed by atoms with Crippen LogP contribution in [0.1, 0.15) is 25.3 Å². The lowest BCUT2D eigenvalue weighted by molar-refractivity contribution is -0.123. The van der Waals surface area contributed by atoms with E-state index in [0.29, 0.717) is 31.2 Å². The van der Waals surface area contributed by atoms with E-state index in [4.69, 9.17) is 0 Å². The maximum atomic E-state index is 12.6. The van der Waals surface area contributed by atoms with Crippen molar-refractivity contribution in [1.82, 2.24) is 9.97 Å². The summed E-state index contributed by atoms with van der Waals surface area (Å²) in [7, 11) is 0. The minimum Gasteiger partial charge on any atom is -0.392 e. The third-order valence-corrected chi connectivity index (χ3v) is 4.52. The molecule has 1 unspecified atom stereocenters. The lowest BCUT2D eigenvalue weighted by Gasteiger charge is -2.19. The molecular formula is C18H19N5O2. The first kappa shape index (κ1) is 16.9. The molecule has 2 aromatic rings. The van der Waals surface area contributed by atoms with Gasteiger partial charge in [0.2, 0.25) is 11.9 Å². The van der Waals surface area contributed by atoms with Gasteiger partial charge in [-0.05, 0) is 36.6 Å². The highest BCUT2D eigenvalue weighted by atomic mass is 16.3. The summed E-state index contributed by atoms with van der Waals surface area (Å²) >= 11 is 0. The summed E-state index contributed by atoms with van der Waals surface area (Å²) in [5, 5.41) is 21.7. The first-order chi connectivity index (χ1) is 12.1. The van der Waals surface area contributed by atoms with Crippen LogP contribution in [0.3, 0.4) is 0 Å². The lowest BCUT2D eigenvalue weighted by Crippen LogP contribution is -2.33. The number of carbonyl (C=O) groups excluding carboxylic acids is 1. The van der Waals surface area contributed by atoms with E-state index in [2.05, 4.69) is 21.4 Å². The van der Waals surface area contributed by atoms with Crippen LogP contribution in [0.5, 0.6) is 0 Å². The fourth-order valence-corrected chi connectivity index (χ4v) is 2.94. The molecule has 1 aliphatic rings. The number of aliphatic hydroxyl groups is 1. The van der Waals surface area contributed by atoms with E-state index in [-0.39, 0.29) is 12.5 Å². The highest BCUT2D eigenvalue weighted by Gasteiger charge is 2.46. The number of amides is 1. The Morgan fingerprint density at radius 2 is 2.28 bits per heavy atom. The van der Waals surface area contributed by atoms with Crippen LogP contribution in [-0.2, 0) is 11.4 Å². The van der Waals surface area contributed by atoms with E-state index in [1.165, 1.54) is 0 Å². The first-order valence-corrected chi connectivity index (χ1v) is 8.15. The van der Waals surface area contributed by atoms with E-state index in [0.717, 1.165) is 11.3 Å². The van der Waals surface area contributed by atoms with Crippen molar-refractivity contribution < 1.29 is 9.90 Å². The van der Waals surface area contributed by atoms with Gasteiger partial charge in [-0.1, -0.05) is 19.1 Å². The van der Waals surface area contributed by atoms with Crippen LogP contribution in [0.25, 0.3) is 0 Å². The van der Waals surface area contributed by atoms with Crippen LogP contribution in [0.2, 0.25) is 0 Å². The quantitative estimate of drug-likeness (QED) is 0.868. The minimum atomic E-state index is -0.950. The van der Waals surface area contributed by atoms with Crippen LogP contribution < -0.4 is 10.2 Å². The highest BCUT2D eigenvalue weighted by Crippen LogP contribution is 2.36. The Kier molecular flexibility index (Phi) is 4.63. The van der Waals surface area contributed by atoms with Gasteiger partial charge in [-0.3, -0.25) is 9.69 Å². The maximum absolute atomic E-state index is 12.6. The summed E-state index contributed by atoms with van der Waals surface area (Å²) in [6.07, 6.45) is 2.57. The van der Waals surface area contributed by atoms with Crippen molar-refractivity contribution in [1.29, 1.82) is 5.26 Å². The second-order valence-corrected chi connectivity index (χ2v) is 5.98. The molecule has 25 heavy (non-hydrogen) atoms. The van der Waals surface area contributed by atoms with E-state index in [1.807, 2.05) is 25.1 Å². The Morgan fingerprint density at radius 1 is 1.44 bits per heavy atom. The van der Waals surface area contributed by atoms with Crippen molar-refractivity contribution in [2.75, 3.05) is 16.8 Å². The molecule has 2 N–H and O–H groups in total. The average Bonchev–Trinajstić information content (AvgIpc) is 2.99. The molecule has 1 aromatic carbocycles. The largest absolute Gasteiger partial charge is 0.392 e. The highest BCUT2D eigenvalue weighted by molar-refractivity contribution is 6.01. The third kappa shape index (κ3) is 3.16. The van der Waals surface area contributed by atoms with Crippen LogP contribution in [0, 0.1) is 16.7 Å². The van der Waals surface area contributed by atoms with Crippen molar-refractivity contribution in [2.45, 2.75) is 26.4 Å². The molecule has 1 amide bonds. The van der Waals surface area contributed by atoms with Gasteiger partial charge >= 0.3 is 0 Å². The summed E-state index contributed by atoms with van der Waals surface area (Å²) < 4.78 is 0. The normalized spacial score (nSPS) is 19.7. The predicted octanol–water partition coefficient (Wildman–Crippen LogP) is 2.37. The lowest BCUT2D eigenvalue weighted by atomic mass is 9.85. The molecule has 7 nitrogen and oxygen atoms in total. The van der Waals surface area contributed by atoms with Gasteiger partial charge in [0.25, 0.3) is 0 Å². The van der Waals surface area contributed by atoms with Crippen molar-refractivity contribution in [3.63, 3.8) is 0 Å². The number of benzene rings is 1. The third-order valence-electron chi connectivity index (χ3n) is 4.52. The number of hydrogen-bond acceptors (Lipinski definition) is 6. The Morgan fingerprint density at radius 3 is 2.96 bits per heavy atom. The van der Waals surface area contributed by atoms with Crippen LogP contribution in [-0.4, -0.2) is 27.5 Å². The number of rotatable bonds is 5. The first-order valence-electron chi connectivity index (χ1n) is 8.15. The molecular weight excluding hydrogens is 318 g/mol. The van der Waals surface area contributed by atoms with Crippen molar-refractivity contribution in [2.24, 2.45) is 5.41 Å². The Bertz CT molecular complexity index is 832. The van der Waals surface area contributed by atoms with Crippen molar-refractivity contribution in [3.05, 3.63) is 42.1 Å². The average molecular weight is 337 g/mol. The molecule has 1 atom stereocenters. The topological polar surface area (TPSA) is 102 Å². The molecule has 1 saturated heterocycles. The number of nitriles is 1. The number of nitrogens with one attached hydrogen (secondary N) is 1. The maximum Gasteiger partial charge on any atom is 0.248 e. The zero-order valence-corrected chi connectivity index (χ0v) is 13.9. The van der Waals surface area contributed by atoms with Gasteiger partial charge in [0.05, 0.1) is 12.7 Å². The second-order valence-electron chi connectivity index (χ2n) is 5.98. The summed E-state index contributed by atoms with van der Waals surface area (Å²) in [5.74, 6) is 0.627. The number of anilines is 3. The summed E-state index contributed by atoms with van der Waals surface area (Å²) in [5.41, 5.74) is 0.572. The van der Waals surface area contributed by atoms with E-state index < -0.39 is 5.41 Å². The van der Waals surface area contributed by atoms with Gasteiger partial charge in [0.15, 0.2) is 0 Å². The van der Waals surface area contributed by atoms with Gasteiger partial charge in [-0.15, -0.1) is 0 Å². The second kappa shape index (κ2) is 6.87. The molecule has 1 aromatic heterocycles. The molecule has 1 fully saturated rings. The number of aromatic nitrogens is 2. The smallest absolute Gasteiger partial charge is 0.248 e. The SMILES string of the molecule is CCC1(C#N)CCN(c2ccnc(Nc3cccc(CO)c3)n2)C1=O. The Balaban J connectivity index is 1.83. The van der Waals surface area contributed by atoms with Crippen LogP contribution >= 0.6 is 0 Å². The molecule has 3 rings (SSSR count). The number of nitrogens with zero attached hydrogens (tertiary/aromatic N) is 4. The standard InChI is InChI=1S/C18H19N5O2/c1-2-18(12-19)7-9-23(16(18)25)15-6-8-20-17(22-15)21-14-5-3-4-13(10-14)11-24/h3-6,8,10,24H,2,7,9,11H2,1H3,(H,20,21,22). The zero-order valence-electron chi connectivity index (χ0n) is 13.9. The van der Waals surface area contributed by atoms with Crippen molar-refractivity contribution in [3.8, 4) is 6.07 Å². The number of aliphatic hydroxyl groups excluding tert-OH is 1. The minimum absolute atomic E-state index is 0.0496. The molecule has 2 heterocycles. The Labute approximate surface area is 145 Å². The van der Waals surface area contributed by atoms with E-state index in [9.17, 15) is 15.2 Å². The molecule has 128 valence electrons. The fourth-order valence-electron chi connectivity index (χ4n) is 2.94. The molecule has 7 heteroatoms. The molecule has 0 spiro atoms. The van der Waals surface area contributed by atoms with Gasteiger partial charge in [0, 0.05) is 18.4 Å².